The standard InChI is InChI=1S/C4H8O2.33H2O/c1-3-6-4(2)5;;;;;;;;;;;;;;;;;;;;;;;;;;;;;;;;;/h3H2,1-2H3;33*1H2. The molecule has 0 aromatic carbocycles. The van der Waals surface area contributed by atoms with Crippen molar-refractivity contribution in [3.63, 3.8) is 0 Å². The van der Waals surface area contributed by atoms with Crippen LogP contribution in [-0.4, -0.2) is 193 Å². The fourth-order valence-electron chi connectivity index (χ4n) is 0.203. The van der Waals surface area contributed by atoms with Crippen molar-refractivity contribution < 1.29 is 190 Å². The second-order valence-electron chi connectivity index (χ2n) is 0.925. The Hall–Kier alpha value is -1.85. The number of carbonyl (C=O) groups is 1. The molecule has 0 aromatic heterocycles. The van der Waals surface area contributed by atoms with Crippen molar-refractivity contribution in [2.45, 2.75) is 13.8 Å². The van der Waals surface area contributed by atoms with Gasteiger partial charge in [0.25, 0.3) is 0 Å². The Kier molecular flexibility index (Phi) is 565000. The molecular weight excluding hydrogens is 608 g/mol. The fourth-order valence-corrected chi connectivity index (χ4v) is 0.203. The zero-order chi connectivity index (χ0) is 4.99. The number of hydrogen-bond acceptors (Lipinski definition) is 2. The summed E-state index contributed by atoms with van der Waals surface area (Å²) in [4.78, 5) is 9.82. The highest BCUT2D eigenvalue weighted by Gasteiger charge is 1.81. The molecule has 0 aliphatic rings. The normalized spacial score (nSPS) is 1.18. The van der Waals surface area contributed by atoms with Crippen LogP contribution in [0.2, 0.25) is 0 Å². The molecule has 0 bridgehead atoms. The summed E-state index contributed by atoms with van der Waals surface area (Å²) in [5.74, 6) is -0.211. The number of carbonyl (C=O) groups excluding carboxylic acids is 1. The van der Waals surface area contributed by atoms with E-state index < -0.39 is 0 Å². The van der Waals surface area contributed by atoms with Gasteiger partial charge in [-0.25, -0.2) is 0 Å². The van der Waals surface area contributed by atoms with Crippen LogP contribution >= 0.6 is 0 Å². The first-order valence-corrected chi connectivity index (χ1v) is 1.90. The molecule has 0 aliphatic carbocycles. The van der Waals surface area contributed by atoms with E-state index in [2.05, 4.69) is 4.74 Å². The SMILES string of the molecule is CCOC(C)=O.O.O.O.O.O.O.O.O.O.O.O.O.O.O.O.O.O.O.O.O.O.O.O.O.O.O.O.O.O.O.O.O.O. The van der Waals surface area contributed by atoms with Crippen molar-refractivity contribution in [2.24, 2.45) is 0 Å². The Morgan fingerprint density at radius 2 is 0.385 bits per heavy atom. The van der Waals surface area contributed by atoms with Gasteiger partial charge < -0.3 is 185 Å². The smallest absolute Gasteiger partial charge is 0.302 e. The molecule has 0 unspecified atom stereocenters. The first-order valence-electron chi connectivity index (χ1n) is 1.90. The number of ether oxygens (including phenoxy) is 1. The molecule has 0 saturated carbocycles. The zero-order valence-corrected chi connectivity index (χ0v) is 20.5. The van der Waals surface area contributed by atoms with Gasteiger partial charge in [0, 0.05) is 6.92 Å². The molecule has 35 nitrogen and oxygen atoms in total. The Morgan fingerprint density at radius 3 is 0.385 bits per heavy atom. The second kappa shape index (κ2) is 4500. The molecule has 0 spiro atoms. The first kappa shape index (κ1) is 4890. The molecule has 0 saturated heterocycles. The summed E-state index contributed by atoms with van der Waals surface area (Å²) in [6.45, 7) is 3.65. The van der Waals surface area contributed by atoms with Crippen LogP contribution < -0.4 is 0 Å². The minimum atomic E-state index is -0.211. The van der Waals surface area contributed by atoms with Crippen LogP contribution in [0.3, 0.4) is 0 Å². The van der Waals surface area contributed by atoms with Gasteiger partial charge in [-0.2, -0.15) is 0 Å². The van der Waals surface area contributed by atoms with Crippen molar-refractivity contribution in [3.8, 4) is 0 Å². The lowest BCUT2D eigenvalue weighted by Gasteiger charge is -1.89. The van der Waals surface area contributed by atoms with E-state index in [9.17, 15) is 4.79 Å². The maximum Gasteiger partial charge on any atom is 0.302 e. The molecule has 66 N–H and O–H groups in total. The predicted molar refractivity (Wildman–Crippen MR) is 142 cm³/mol. The van der Waals surface area contributed by atoms with E-state index in [1.807, 2.05) is 0 Å². The zero-order valence-electron chi connectivity index (χ0n) is 20.5. The minimum absolute atomic E-state index is 0. The van der Waals surface area contributed by atoms with E-state index in [0.29, 0.717) is 6.61 Å². The summed E-state index contributed by atoms with van der Waals surface area (Å²) in [6.07, 6.45) is 0. The number of rotatable bonds is 1. The van der Waals surface area contributed by atoms with E-state index in [-0.39, 0.29) is 187 Å². The van der Waals surface area contributed by atoms with E-state index in [1.54, 1.807) is 6.92 Å². The summed E-state index contributed by atoms with van der Waals surface area (Å²) >= 11 is 0. The van der Waals surface area contributed by atoms with Gasteiger partial charge in [0.1, 0.15) is 0 Å². The Balaban J connectivity index is -0.000000000237. The third-order valence-electron chi connectivity index (χ3n) is 0.348. The molecule has 0 radical (unpaired) electrons. The maximum atomic E-state index is 9.82. The van der Waals surface area contributed by atoms with Crippen LogP contribution in [0.15, 0.2) is 0 Å². The molecule has 0 aromatic rings. The van der Waals surface area contributed by atoms with E-state index in [0.717, 1.165) is 0 Å². The quantitative estimate of drug-likeness (QED) is 0.243. The number of esters is 1. The van der Waals surface area contributed by atoms with Crippen LogP contribution in [0.5, 0.6) is 0 Å². The Morgan fingerprint density at radius 1 is 0.308 bits per heavy atom. The van der Waals surface area contributed by atoms with Gasteiger partial charge in [0.2, 0.25) is 0 Å². The lowest BCUT2D eigenvalue weighted by Crippen LogP contribution is -1.95. The Labute approximate surface area is 218 Å². The monoisotopic (exact) mass is 682 g/mol. The van der Waals surface area contributed by atoms with Crippen molar-refractivity contribution in [1.82, 2.24) is 0 Å². The van der Waals surface area contributed by atoms with Gasteiger partial charge in [0.15, 0.2) is 0 Å². The summed E-state index contributed by atoms with van der Waals surface area (Å²) in [7, 11) is 0. The van der Waals surface area contributed by atoms with Crippen LogP contribution in [0.4, 0.5) is 0 Å². The highest BCUT2D eigenvalue weighted by Crippen LogP contribution is 1.69. The van der Waals surface area contributed by atoms with Crippen LogP contribution in [-0.2, 0) is 9.53 Å². The van der Waals surface area contributed by atoms with Gasteiger partial charge in [-0.3, -0.25) is 4.79 Å². The summed E-state index contributed by atoms with van der Waals surface area (Å²) in [5, 5.41) is 0. The van der Waals surface area contributed by atoms with Crippen LogP contribution in [0.25, 0.3) is 0 Å². The highest BCUT2D eigenvalue weighted by molar-refractivity contribution is 5.65. The highest BCUT2D eigenvalue weighted by atomic mass is 16.5. The minimum Gasteiger partial charge on any atom is -0.466 e. The van der Waals surface area contributed by atoms with Gasteiger partial charge in [0.05, 0.1) is 6.61 Å². The van der Waals surface area contributed by atoms with E-state index in [4.69, 9.17) is 0 Å². The van der Waals surface area contributed by atoms with Crippen LogP contribution in [0, 0.1) is 0 Å². The molecule has 0 amide bonds. The molecule has 300 valence electrons. The third-order valence-corrected chi connectivity index (χ3v) is 0.348. The van der Waals surface area contributed by atoms with Gasteiger partial charge >= 0.3 is 5.97 Å². The molecule has 0 heterocycles. The Bertz CT molecular complexity index is 62.6. The summed E-state index contributed by atoms with van der Waals surface area (Å²) in [5.41, 5.74) is 0. The molecule has 0 fully saturated rings. The van der Waals surface area contributed by atoms with Crippen molar-refractivity contribution in [2.75, 3.05) is 6.61 Å². The second-order valence-corrected chi connectivity index (χ2v) is 0.925. The molecule has 0 rings (SSSR count). The topological polar surface area (TPSA) is 1070 Å². The maximum absolute atomic E-state index is 9.82. The third kappa shape index (κ3) is 31900. The predicted octanol–water partition coefficient (Wildman–Crippen LogP) is -26.6. The summed E-state index contributed by atoms with van der Waals surface area (Å²) < 4.78 is 4.40. The summed E-state index contributed by atoms with van der Waals surface area (Å²) in [6, 6.07) is 0. The lowest BCUT2D eigenvalue weighted by molar-refractivity contribution is -0.140. The van der Waals surface area contributed by atoms with Crippen molar-refractivity contribution in [3.05, 3.63) is 0 Å². The largest absolute Gasteiger partial charge is 0.466 e. The molecule has 0 aliphatic heterocycles. The van der Waals surface area contributed by atoms with Crippen LogP contribution in [0.1, 0.15) is 13.8 Å². The van der Waals surface area contributed by atoms with Gasteiger partial charge in [-0.05, 0) is 6.92 Å². The molecular formula is C4H74O35. The molecule has 0 atom stereocenters. The average Bonchev–Trinajstić information content (AvgIpc) is 1.35. The van der Waals surface area contributed by atoms with Gasteiger partial charge in [-0.1, -0.05) is 0 Å². The molecule has 39 heavy (non-hydrogen) atoms. The van der Waals surface area contributed by atoms with Crippen molar-refractivity contribution >= 4 is 5.97 Å². The average molecular weight is 683 g/mol. The fraction of sp³-hybridized carbons (Fsp3) is 0.750. The van der Waals surface area contributed by atoms with Gasteiger partial charge in [-0.15, -0.1) is 0 Å². The van der Waals surface area contributed by atoms with E-state index in [1.165, 1.54) is 6.92 Å². The number of hydrogen-bond donors (Lipinski definition) is 0. The first-order chi connectivity index (χ1) is 2.77. The lowest BCUT2D eigenvalue weighted by atomic mass is 10.8. The van der Waals surface area contributed by atoms with Crippen molar-refractivity contribution in [1.29, 1.82) is 0 Å². The van der Waals surface area contributed by atoms with E-state index >= 15 is 0 Å². The molecule has 35 heteroatoms.